The summed E-state index contributed by atoms with van der Waals surface area (Å²) in [7, 11) is -3.24. The van der Waals surface area contributed by atoms with E-state index < -0.39 is 15.8 Å². The predicted molar refractivity (Wildman–Crippen MR) is 78.1 cm³/mol. The smallest absolute Gasteiger partial charge is 0.231 e. The van der Waals surface area contributed by atoms with E-state index in [-0.39, 0.29) is 17.3 Å². The van der Waals surface area contributed by atoms with E-state index >= 15 is 0 Å². The summed E-state index contributed by atoms with van der Waals surface area (Å²) < 4.78 is 43.7. The van der Waals surface area contributed by atoms with E-state index in [0.29, 0.717) is 19.0 Å². The number of aromatic nitrogens is 2. The van der Waals surface area contributed by atoms with E-state index in [1.165, 1.54) is 16.6 Å². The van der Waals surface area contributed by atoms with Gasteiger partial charge >= 0.3 is 0 Å². The van der Waals surface area contributed by atoms with Crippen LogP contribution in [0.25, 0.3) is 11.4 Å². The highest BCUT2D eigenvalue weighted by Gasteiger charge is 2.30. The molecular weight excluding hydrogens is 309 g/mol. The molecular formula is C14H16FN3O3S. The van der Waals surface area contributed by atoms with Crippen molar-refractivity contribution in [2.24, 2.45) is 0 Å². The molecule has 1 aliphatic rings. The molecule has 22 heavy (non-hydrogen) atoms. The SMILES string of the molecule is CS(=O)(=O)N1CCCC(c2nc(-c3ccccc3F)no2)C1. The van der Waals surface area contributed by atoms with Gasteiger partial charge in [0, 0.05) is 13.1 Å². The molecule has 0 N–H and O–H groups in total. The third kappa shape index (κ3) is 3.02. The van der Waals surface area contributed by atoms with Gasteiger partial charge in [0.1, 0.15) is 5.82 Å². The first-order valence-electron chi connectivity index (χ1n) is 6.99. The van der Waals surface area contributed by atoms with E-state index in [9.17, 15) is 12.8 Å². The standard InChI is InChI=1S/C14H16FN3O3S/c1-22(19,20)18-8-4-5-10(9-18)14-16-13(17-21-14)11-6-2-3-7-12(11)15/h2-3,6-7,10H,4-5,8-9H2,1H3. The Hall–Kier alpha value is -1.80. The average Bonchev–Trinajstić information content (AvgIpc) is 2.97. The molecule has 2 heterocycles. The van der Waals surface area contributed by atoms with Crippen LogP contribution in [0.3, 0.4) is 0 Å². The van der Waals surface area contributed by atoms with Gasteiger partial charge in [-0.2, -0.15) is 4.98 Å². The molecule has 0 spiro atoms. The first-order valence-corrected chi connectivity index (χ1v) is 8.83. The van der Waals surface area contributed by atoms with Crippen LogP contribution in [0.15, 0.2) is 28.8 Å². The predicted octanol–water partition coefficient (Wildman–Crippen LogP) is 2.01. The van der Waals surface area contributed by atoms with Crippen LogP contribution < -0.4 is 0 Å². The molecule has 0 bridgehead atoms. The Morgan fingerprint density at radius 1 is 1.36 bits per heavy atom. The van der Waals surface area contributed by atoms with Crippen LogP contribution in [0, 0.1) is 5.82 Å². The summed E-state index contributed by atoms with van der Waals surface area (Å²) in [5.41, 5.74) is 0.272. The van der Waals surface area contributed by atoms with E-state index in [1.54, 1.807) is 18.2 Å². The number of benzene rings is 1. The van der Waals surface area contributed by atoms with Crippen molar-refractivity contribution in [3.8, 4) is 11.4 Å². The van der Waals surface area contributed by atoms with Crippen molar-refractivity contribution in [3.05, 3.63) is 36.0 Å². The summed E-state index contributed by atoms with van der Waals surface area (Å²) in [6.07, 6.45) is 2.69. The number of rotatable bonds is 3. The Balaban J connectivity index is 1.84. The molecule has 3 rings (SSSR count). The molecule has 1 fully saturated rings. The largest absolute Gasteiger partial charge is 0.339 e. The molecule has 6 nitrogen and oxygen atoms in total. The maximum atomic E-state index is 13.7. The molecule has 0 saturated carbocycles. The van der Waals surface area contributed by atoms with Gasteiger partial charge in [-0.1, -0.05) is 17.3 Å². The highest BCUT2D eigenvalue weighted by molar-refractivity contribution is 7.88. The summed E-state index contributed by atoms with van der Waals surface area (Å²) in [6, 6.07) is 6.19. The zero-order valence-electron chi connectivity index (χ0n) is 12.1. The van der Waals surface area contributed by atoms with Gasteiger partial charge in [0.05, 0.1) is 17.7 Å². The minimum absolute atomic E-state index is 0.156. The summed E-state index contributed by atoms with van der Waals surface area (Å²) in [4.78, 5) is 4.24. The normalized spacial score (nSPS) is 20.2. The monoisotopic (exact) mass is 325 g/mol. The highest BCUT2D eigenvalue weighted by Crippen LogP contribution is 2.29. The van der Waals surface area contributed by atoms with Crippen molar-refractivity contribution in [2.75, 3.05) is 19.3 Å². The summed E-state index contributed by atoms with van der Waals surface area (Å²) in [5, 5.41) is 3.82. The van der Waals surface area contributed by atoms with Crippen LogP contribution in [0.2, 0.25) is 0 Å². The molecule has 1 aromatic carbocycles. The van der Waals surface area contributed by atoms with Gasteiger partial charge in [0.25, 0.3) is 0 Å². The number of nitrogens with zero attached hydrogens (tertiary/aromatic N) is 3. The molecule has 118 valence electrons. The molecule has 8 heteroatoms. The van der Waals surface area contributed by atoms with E-state index in [1.807, 2.05) is 0 Å². The number of halogens is 1. The van der Waals surface area contributed by atoms with Gasteiger partial charge in [-0.15, -0.1) is 0 Å². The first kappa shape index (κ1) is 15.1. The third-order valence-electron chi connectivity index (χ3n) is 3.76. The Kier molecular flexibility index (Phi) is 3.96. The van der Waals surface area contributed by atoms with Crippen molar-refractivity contribution in [1.82, 2.24) is 14.4 Å². The Morgan fingerprint density at radius 2 is 2.14 bits per heavy atom. The second kappa shape index (κ2) is 5.77. The second-order valence-corrected chi connectivity index (χ2v) is 7.38. The fourth-order valence-corrected chi connectivity index (χ4v) is 3.51. The van der Waals surface area contributed by atoms with Gasteiger partial charge in [0.15, 0.2) is 0 Å². The maximum Gasteiger partial charge on any atom is 0.231 e. The number of sulfonamides is 1. The molecule has 0 radical (unpaired) electrons. The van der Waals surface area contributed by atoms with Crippen LogP contribution in [0.5, 0.6) is 0 Å². The van der Waals surface area contributed by atoms with Gasteiger partial charge < -0.3 is 4.52 Å². The van der Waals surface area contributed by atoms with Crippen molar-refractivity contribution in [1.29, 1.82) is 0 Å². The number of piperidine rings is 1. The Morgan fingerprint density at radius 3 is 2.86 bits per heavy atom. The van der Waals surface area contributed by atoms with E-state index in [0.717, 1.165) is 12.8 Å². The first-order chi connectivity index (χ1) is 10.4. The van der Waals surface area contributed by atoms with Crippen molar-refractivity contribution < 1.29 is 17.3 Å². The lowest BCUT2D eigenvalue weighted by atomic mass is 10.00. The van der Waals surface area contributed by atoms with Gasteiger partial charge in [-0.25, -0.2) is 17.1 Å². The van der Waals surface area contributed by atoms with Gasteiger partial charge in [0.2, 0.25) is 21.7 Å². The zero-order valence-corrected chi connectivity index (χ0v) is 12.9. The highest BCUT2D eigenvalue weighted by atomic mass is 32.2. The van der Waals surface area contributed by atoms with Crippen molar-refractivity contribution in [2.45, 2.75) is 18.8 Å². The van der Waals surface area contributed by atoms with Crippen molar-refractivity contribution >= 4 is 10.0 Å². The second-order valence-electron chi connectivity index (χ2n) is 5.40. The zero-order chi connectivity index (χ0) is 15.7. The molecule has 0 amide bonds. The van der Waals surface area contributed by atoms with Crippen LogP contribution >= 0.6 is 0 Å². The molecule has 1 saturated heterocycles. The molecule has 1 aliphatic heterocycles. The fraction of sp³-hybridized carbons (Fsp3) is 0.429. The summed E-state index contributed by atoms with van der Waals surface area (Å²) >= 11 is 0. The maximum absolute atomic E-state index is 13.7. The fourth-order valence-electron chi connectivity index (χ4n) is 2.60. The van der Waals surface area contributed by atoms with Gasteiger partial charge in [-0.05, 0) is 25.0 Å². The molecule has 1 unspecified atom stereocenters. The van der Waals surface area contributed by atoms with Crippen LogP contribution in [-0.4, -0.2) is 42.2 Å². The molecule has 0 aliphatic carbocycles. The topological polar surface area (TPSA) is 76.3 Å². The molecule has 1 atom stereocenters. The summed E-state index contributed by atoms with van der Waals surface area (Å²) in [5.74, 6) is -0.0380. The van der Waals surface area contributed by atoms with Gasteiger partial charge in [-0.3, -0.25) is 0 Å². The number of hydrogen-bond donors (Lipinski definition) is 0. The Labute approximate surface area is 128 Å². The minimum Gasteiger partial charge on any atom is -0.339 e. The lowest BCUT2D eigenvalue weighted by Crippen LogP contribution is -2.38. The lowest BCUT2D eigenvalue weighted by molar-refractivity contribution is 0.266. The minimum atomic E-state index is -3.24. The lowest BCUT2D eigenvalue weighted by Gasteiger charge is -2.28. The molecule has 2 aromatic rings. The van der Waals surface area contributed by atoms with E-state index in [4.69, 9.17) is 4.52 Å². The quantitative estimate of drug-likeness (QED) is 0.863. The van der Waals surface area contributed by atoms with Crippen LogP contribution in [0.1, 0.15) is 24.7 Å². The van der Waals surface area contributed by atoms with Crippen molar-refractivity contribution in [3.63, 3.8) is 0 Å². The third-order valence-corrected chi connectivity index (χ3v) is 5.03. The summed E-state index contributed by atoms with van der Waals surface area (Å²) in [6.45, 7) is 0.821. The van der Waals surface area contributed by atoms with Crippen LogP contribution in [0.4, 0.5) is 4.39 Å². The van der Waals surface area contributed by atoms with E-state index in [2.05, 4.69) is 10.1 Å². The van der Waals surface area contributed by atoms with Crippen LogP contribution in [-0.2, 0) is 10.0 Å². The Bertz CT molecular complexity index is 775. The molecule has 1 aromatic heterocycles. The average molecular weight is 325 g/mol. The number of hydrogen-bond acceptors (Lipinski definition) is 5.